The zero-order valence-corrected chi connectivity index (χ0v) is 13.3. The molecule has 3 heteroatoms. The molecule has 1 aliphatic rings. The molecule has 0 aliphatic heterocycles. The summed E-state index contributed by atoms with van der Waals surface area (Å²) in [7, 11) is 0. The molecular weight excluding hydrogens is 302 g/mol. The highest BCUT2D eigenvalue weighted by molar-refractivity contribution is 9.10. The van der Waals surface area contributed by atoms with Gasteiger partial charge in [-0.25, -0.2) is 0 Å². The normalized spacial score (nSPS) is 16.5. The van der Waals surface area contributed by atoms with E-state index in [1.165, 1.54) is 37.7 Å². The van der Waals surface area contributed by atoms with Gasteiger partial charge in [0.25, 0.3) is 0 Å². The lowest BCUT2D eigenvalue weighted by Crippen LogP contribution is -2.15. The topological polar surface area (TPSA) is 21.3 Å². The molecule has 0 atom stereocenters. The molecular formula is C16H24BrNO. The van der Waals surface area contributed by atoms with Crippen molar-refractivity contribution in [3.63, 3.8) is 0 Å². The van der Waals surface area contributed by atoms with Crippen molar-refractivity contribution in [2.24, 2.45) is 5.92 Å². The van der Waals surface area contributed by atoms with Crippen molar-refractivity contribution in [3.8, 4) is 5.75 Å². The molecule has 0 spiro atoms. The number of hydrogen-bond donors (Lipinski definition) is 1. The van der Waals surface area contributed by atoms with E-state index in [0.717, 1.165) is 35.8 Å². The van der Waals surface area contributed by atoms with Crippen LogP contribution >= 0.6 is 15.9 Å². The number of hydrogen-bond acceptors (Lipinski definition) is 2. The average molecular weight is 326 g/mol. The van der Waals surface area contributed by atoms with E-state index in [-0.39, 0.29) is 0 Å². The quantitative estimate of drug-likeness (QED) is 0.830. The van der Waals surface area contributed by atoms with Gasteiger partial charge in [0.1, 0.15) is 5.75 Å². The molecule has 19 heavy (non-hydrogen) atoms. The van der Waals surface area contributed by atoms with Crippen molar-refractivity contribution < 1.29 is 4.74 Å². The average Bonchev–Trinajstić information content (AvgIpc) is 2.45. The Bertz CT molecular complexity index is 388. The summed E-state index contributed by atoms with van der Waals surface area (Å²) in [5, 5.41) is 3.33. The Morgan fingerprint density at radius 3 is 2.74 bits per heavy atom. The zero-order chi connectivity index (χ0) is 13.5. The van der Waals surface area contributed by atoms with Crippen LogP contribution in [0.25, 0.3) is 0 Å². The Balaban J connectivity index is 1.85. The summed E-state index contributed by atoms with van der Waals surface area (Å²) in [4.78, 5) is 0. The molecule has 0 saturated heterocycles. The van der Waals surface area contributed by atoms with Gasteiger partial charge in [0.05, 0.1) is 11.1 Å². The lowest BCUT2D eigenvalue weighted by molar-refractivity contribution is 0.208. The van der Waals surface area contributed by atoms with Crippen LogP contribution in [-0.2, 0) is 6.54 Å². The molecule has 0 heterocycles. The summed E-state index contributed by atoms with van der Waals surface area (Å²) >= 11 is 3.61. The Hall–Kier alpha value is -0.540. The molecule has 106 valence electrons. The van der Waals surface area contributed by atoms with Crippen LogP contribution in [0.1, 0.15) is 44.6 Å². The van der Waals surface area contributed by atoms with E-state index in [4.69, 9.17) is 4.74 Å². The Morgan fingerprint density at radius 1 is 1.26 bits per heavy atom. The van der Waals surface area contributed by atoms with Crippen molar-refractivity contribution in [1.82, 2.24) is 5.32 Å². The lowest BCUT2D eigenvalue weighted by atomic mass is 9.90. The van der Waals surface area contributed by atoms with E-state index in [0.29, 0.717) is 0 Å². The molecule has 1 N–H and O–H groups in total. The number of nitrogens with one attached hydrogen (secondary N) is 1. The number of ether oxygens (including phenoxy) is 1. The fraction of sp³-hybridized carbons (Fsp3) is 0.625. The maximum absolute atomic E-state index is 5.97. The zero-order valence-electron chi connectivity index (χ0n) is 11.8. The van der Waals surface area contributed by atoms with Crippen molar-refractivity contribution in [1.29, 1.82) is 0 Å². The van der Waals surface area contributed by atoms with Crippen LogP contribution in [0, 0.1) is 5.92 Å². The monoisotopic (exact) mass is 325 g/mol. The largest absolute Gasteiger partial charge is 0.492 e. The fourth-order valence-electron chi connectivity index (χ4n) is 2.60. The lowest BCUT2D eigenvalue weighted by Gasteiger charge is -2.22. The predicted octanol–water partition coefficient (Wildman–Crippen LogP) is 4.52. The van der Waals surface area contributed by atoms with Gasteiger partial charge in [-0.2, -0.15) is 0 Å². The summed E-state index contributed by atoms with van der Waals surface area (Å²) in [5.41, 5.74) is 1.29. The second-order valence-corrected chi connectivity index (χ2v) is 6.21. The molecule has 2 nitrogen and oxygen atoms in total. The van der Waals surface area contributed by atoms with E-state index in [2.05, 4.69) is 46.4 Å². The van der Waals surface area contributed by atoms with Gasteiger partial charge in [0, 0.05) is 6.54 Å². The summed E-state index contributed by atoms with van der Waals surface area (Å²) in [6, 6.07) is 6.38. The second kappa shape index (κ2) is 7.91. The molecule has 1 aliphatic carbocycles. The summed E-state index contributed by atoms with van der Waals surface area (Å²) in [6.07, 6.45) is 6.80. The Morgan fingerprint density at radius 2 is 2.05 bits per heavy atom. The van der Waals surface area contributed by atoms with E-state index >= 15 is 0 Å². The number of rotatable bonds is 6. The molecule has 0 unspecified atom stereocenters. The first-order valence-corrected chi connectivity index (χ1v) is 8.21. The third-order valence-corrected chi connectivity index (χ3v) is 4.39. The van der Waals surface area contributed by atoms with Crippen LogP contribution < -0.4 is 10.1 Å². The third kappa shape index (κ3) is 4.81. The van der Waals surface area contributed by atoms with Crippen molar-refractivity contribution in [2.45, 2.75) is 45.6 Å². The van der Waals surface area contributed by atoms with E-state index in [1.807, 2.05) is 0 Å². The van der Waals surface area contributed by atoms with Crippen molar-refractivity contribution >= 4 is 15.9 Å². The maximum atomic E-state index is 5.97. The minimum absolute atomic E-state index is 0.752. The molecule has 0 radical (unpaired) electrons. The van der Waals surface area contributed by atoms with Gasteiger partial charge in [-0.3, -0.25) is 0 Å². The highest BCUT2D eigenvalue weighted by Crippen LogP contribution is 2.29. The van der Waals surface area contributed by atoms with Crippen LogP contribution in [0.3, 0.4) is 0 Å². The van der Waals surface area contributed by atoms with Crippen LogP contribution in [-0.4, -0.2) is 13.2 Å². The standard InChI is InChI=1S/C16H24BrNO/c1-2-18-11-14-8-9-16(15(17)10-14)19-12-13-6-4-3-5-7-13/h8-10,13,18H,2-7,11-12H2,1H3. The van der Waals surface area contributed by atoms with Crippen LogP contribution in [0.4, 0.5) is 0 Å². The first-order chi connectivity index (χ1) is 9.29. The predicted molar refractivity (Wildman–Crippen MR) is 83.6 cm³/mol. The van der Waals surface area contributed by atoms with Crippen molar-refractivity contribution in [2.75, 3.05) is 13.2 Å². The van der Waals surface area contributed by atoms with E-state index in [1.54, 1.807) is 0 Å². The molecule has 1 saturated carbocycles. The van der Waals surface area contributed by atoms with Crippen molar-refractivity contribution in [3.05, 3.63) is 28.2 Å². The van der Waals surface area contributed by atoms with Gasteiger partial charge in [-0.15, -0.1) is 0 Å². The molecule has 0 amide bonds. The number of halogens is 1. The first kappa shape index (κ1) is 14.9. The highest BCUT2D eigenvalue weighted by Gasteiger charge is 2.14. The minimum Gasteiger partial charge on any atom is -0.492 e. The van der Waals surface area contributed by atoms with Crippen LogP contribution in [0.2, 0.25) is 0 Å². The summed E-state index contributed by atoms with van der Waals surface area (Å²) < 4.78 is 7.04. The molecule has 1 aromatic carbocycles. The first-order valence-electron chi connectivity index (χ1n) is 7.41. The van der Waals surface area contributed by atoms with Gasteiger partial charge in [0.15, 0.2) is 0 Å². The van der Waals surface area contributed by atoms with Gasteiger partial charge in [-0.05, 0) is 58.9 Å². The molecule has 0 aromatic heterocycles. The Labute approximate surface area is 125 Å². The SMILES string of the molecule is CCNCc1ccc(OCC2CCCCC2)c(Br)c1. The molecule has 2 rings (SSSR count). The highest BCUT2D eigenvalue weighted by atomic mass is 79.9. The van der Waals surface area contributed by atoms with E-state index in [9.17, 15) is 0 Å². The number of benzene rings is 1. The van der Waals surface area contributed by atoms with Gasteiger partial charge >= 0.3 is 0 Å². The Kier molecular flexibility index (Phi) is 6.18. The van der Waals surface area contributed by atoms with Crippen LogP contribution in [0.15, 0.2) is 22.7 Å². The van der Waals surface area contributed by atoms with E-state index < -0.39 is 0 Å². The van der Waals surface area contributed by atoms with Crippen LogP contribution in [0.5, 0.6) is 5.75 Å². The van der Waals surface area contributed by atoms with Gasteiger partial charge in [-0.1, -0.05) is 32.3 Å². The summed E-state index contributed by atoms with van der Waals surface area (Å²) in [6.45, 7) is 4.90. The summed E-state index contributed by atoms with van der Waals surface area (Å²) in [5.74, 6) is 1.73. The second-order valence-electron chi connectivity index (χ2n) is 5.36. The molecule has 1 aromatic rings. The fourth-order valence-corrected chi connectivity index (χ4v) is 3.14. The maximum Gasteiger partial charge on any atom is 0.133 e. The molecule has 0 bridgehead atoms. The molecule has 1 fully saturated rings. The third-order valence-electron chi connectivity index (χ3n) is 3.77. The van der Waals surface area contributed by atoms with Gasteiger partial charge in [0.2, 0.25) is 0 Å². The minimum atomic E-state index is 0.752. The smallest absolute Gasteiger partial charge is 0.133 e. The van der Waals surface area contributed by atoms with Gasteiger partial charge < -0.3 is 10.1 Å².